The van der Waals surface area contributed by atoms with Crippen molar-refractivity contribution >= 4 is 0 Å². The molecule has 1 aromatic rings. The highest BCUT2D eigenvalue weighted by Crippen LogP contribution is 2.34. The Morgan fingerprint density at radius 1 is 1.35 bits per heavy atom. The molecule has 2 rings (SSSR count). The van der Waals surface area contributed by atoms with E-state index in [-0.39, 0.29) is 11.5 Å². The zero-order chi connectivity index (χ0) is 12.3. The van der Waals surface area contributed by atoms with Crippen LogP contribution in [0.15, 0.2) is 18.2 Å². The molecule has 0 aromatic heterocycles. The van der Waals surface area contributed by atoms with Crippen molar-refractivity contribution in [3.05, 3.63) is 29.6 Å². The predicted molar refractivity (Wildman–Crippen MR) is 62.4 cm³/mol. The van der Waals surface area contributed by atoms with Gasteiger partial charge in [0.1, 0.15) is 17.7 Å². The summed E-state index contributed by atoms with van der Waals surface area (Å²) in [6.07, 6.45) is 0.294. The summed E-state index contributed by atoms with van der Waals surface area (Å²) in [6.45, 7) is 1.62. The molecule has 0 radical (unpaired) electrons. The maximum atomic E-state index is 14.2. The fraction of sp³-hybridized carbons (Fsp3) is 0.538. The first-order chi connectivity index (χ1) is 8.22. The summed E-state index contributed by atoms with van der Waals surface area (Å²) in [7, 11) is 1.47. The number of benzene rings is 1. The molecule has 1 saturated heterocycles. The lowest BCUT2D eigenvalue weighted by Gasteiger charge is -2.26. The van der Waals surface area contributed by atoms with Crippen LogP contribution < -0.4 is 10.1 Å². The van der Waals surface area contributed by atoms with Crippen LogP contribution in [0.3, 0.4) is 0 Å². The Labute approximate surface area is 100.0 Å². The van der Waals surface area contributed by atoms with Gasteiger partial charge < -0.3 is 10.1 Å². The Morgan fingerprint density at radius 3 is 2.65 bits per heavy atom. The molecule has 1 N–H and O–H groups in total. The minimum absolute atomic E-state index is 0.0841. The van der Waals surface area contributed by atoms with E-state index in [9.17, 15) is 8.78 Å². The van der Waals surface area contributed by atoms with E-state index in [4.69, 9.17) is 4.74 Å². The van der Waals surface area contributed by atoms with E-state index in [0.717, 1.165) is 25.9 Å². The molecule has 1 fully saturated rings. The molecule has 94 valence electrons. The van der Waals surface area contributed by atoms with Gasteiger partial charge in [-0.1, -0.05) is 0 Å². The highest BCUT2D eigenvalue weighted by Gasteiger charge is 2.26. The van der Waals surface area contributed by atoms with Gasteiger partial charge in [-0.2, -0.15) is 0 Å². The van der Waals surface area contributed by atoms with Crippen LogP contribution in [0.1, 0.15) is 24.6 Å². The molecule has 2 nitrogen and oxygen atoms in total. The van der Waals surface area contributed by atoms with Gasteiger partial charge in [-0.25, -0.2) is 8.78 Å². The number of alkyl halides is 1. The third-order valence-corrected chi connectivity index (χ3v) is 3.30. The Kier molecular flexibility index (Phi) is 3.94. The van der Waals surface area contributed by atoms with E-state index in [0.29, 0.717) is 5.75 Å². The van der Waals surface area contributed by atoms with Crippen LogP contribution in [0, 0.1) is 11.7 Å². The first-order valence-electron chi connectivity index (χ1n) is 5.90. The third-order valence-electron chi connectivity index (χ3n) is 3.30. The van der Waals surface area contributed by atoms with Crippen molar-refractivity contribution in [2.45, 2.75) is 19.0 Å². The van der Waals surface area contributed by atoms with Gasteiger partial charge in [-0.3, -0.25) is 0 Å². The van der Waals surface area contributed by atoms with Gasteiger partial charge in [0.05, 0.1) is 7.11 Å². The molecule has 17 heavy (non-hydrogen) atoms. The SMILES string of the molecule is COc1ccc(C(F)C2CCNCC2)c(F)c1. The van der Waals surface area contributed by atoms with Gasteiger partial charge in [-0.05, 0) is 44.0 Å². The van der Waals surface area contributed by atoms with Gasteiger partial charge in [0, 0.05) is 11.6 Å². The largest absolute Gasteiger partial charge is 0.497 e. The van der Waals surface area contributed by atoms with E-state index in [1.807, 2.05) is 0 Å². The third kappa shape index (κ3) is 2.75. The van der Waals surface area contributed by atoms with Gasteiger partial charge in [-0.15, -0.1) is 0 Å². The molecular weight excluding hydrogens is 224 g/mol. The zero-order valence-electron chi connectivity index (χ0n) is 9.88. The fourth-order valence-corrected chi connectivity index (χ4v) is 2.25. The molecule has 1 aliphatic rings. The second kappa shape index (κ2) is 5.45. The van der Waals surface area contributed by atoms with Gasteiger partial charge in [0.2, 0.25) is 0 Å². The zero-order valence-corrected chi connectivity index (χ0v) is 9.88. The van der Waals surface area contributed by atoms with Crippen LogP contribution in [0.25, 0.3) is 0 Å². The molecule has 0 saturated carbocycles. The average molecular weight is 241 g/mol. The molecule has 1 aliphatic heterocycles. The van der Waals surface area contributed by atoms with Crippen molar-refractivity contribution in [1.82, 2.24) is 5.32 Å². The van der Waals surface area contributed by atoms with Crippen molar-refractivity contribution < 1.29 is 13.5 Å². The van der Waals surface area contributed by atoms with Crippen molar-refractivity contribution in [3.63, 3.8) is 0 Å². The molecule has 1 unspecified atom stereocenters. The molecule has 1 atom stereocenters. The number of hydrogen-bond acceptors (Lipinski definition) is 2. The molecule has 0 spiro atoms. The molecule has 0 aliphatic carbocycles. The van der Waals surface area contributed by atoms with Crippen molar-refractivity contribution in [3.8, 4) is 5.75 Å². The Balaban J connectivity index is 2.15. The summed E-state index contributed by atoms with van der Waals surface area (Å²) in [4.78, 5) is 0. The summed E-state index contributed by atoms with van der Waals surface area (Å²) >= 11 is 0. The summed E-state index contributed by atoms with van der Waals surface area (Å²) in [5, 5.41) is 3.17. The second-order valence-electron chi connectivity index (χ2n) is 4.38. The highest BCUT2D eigenvalue weighted by molar-refractivity contribution is 5.30. The maximum Gasteiger partial charge on any atom is 0.133 e. The molecule has 0 amide bonds. The van der Waals surface area contributed by atoms with Crippen LogP contribution >= 0.6 is 0 Å². The lowest BCUT2D eigenvalue weighted by Crippen LogP contribution is -2.30. The van der Waals surface area contributed by atoms with E-state index in [1.165, 1.54) is 19.2 Å². The number of methoxy groups -OCH3 is 1. The minimum Gasteiger partial charge on any atom is -0.497 e. The van der Waals surface area contributed by atoms with Crippen molar-refractivity contribution in [1.29, 1.82) is 0 Å². The average Bonchev–Trinajstić information content (AvgIpc) is 2.39. The smallest absolute Gasteiger partial charge is 0.133 e. The van der Waals surface area contributed by atoms with Gasteiger partial charge in [0.25, 0.3) is 0 Å². The van der Waals surface area contributed by atoms with E-state index >= 15 is 0 Å². The highest BCUT2D eigenvalue weighted by atomic mass is 19.1. The topological polar surface area (TPSA) is 21.3 Å². The fourth-order valence-electron chi connectivity index (χ4n) is 2.25. The summed E-state index contributed by atoms with van der Waals surface area (Å²) in [5.74, 6) is -0.182. The van der Waals surface area contributed by atoms with Gasteiger partial charge in [0.15, 0.2) is 0 Å². The monoisotopic (exact) mass is 241 g/mol. The molecule has 0 bridgehead atoms. The Hall–Kier alpha value is -1.16. The Bertz CT molecular complexity index is 378. The van der Waals surface area contributed by atoms with Crippen molar-refractivity contribution in [2.75, 3.05) is 20.2 Å². The number of hydrogen-bond donors (Lipinski definition) is 1. The molecule has 1 aromatic carbocycles. The summed E-state index contributed by atoms with van der Waals surface area (Å²) in [5.41, 5.74) is 0.151. The maximum absolute atomic E-state index is 14.2. The van der Waals surface area contributed by atoms with E-state index in [2.05, 4.69) is 5.32 Å². The van der Waals surface area contributed by atoms with Crippen molar-refractivity contribution in [2.24, 2.45) is 5.92 Å². The lowest BCUT2D eigenvalue weighted by molar-refractivity contribution is 0.185. The lowest BCUT2D eigenvalue weighted by atomic mass is 9.89. The first kappa shape index (κ1) is 12.3. The summed E-state index contributed by atoms with van der Waals surface area (Å²) in [6, 6.07) is 4.33. The van der Waals surface area contributed by atoms with E-state index < -0.39 is 12.0 Å². The quantitative estimate of drug-likeness (QED) is 0.878. The van der Waals surface area contributed by atoms with Gasteiger partial charge >= 0.3 is 0 Å². The van der Waals surface area contributed by atoms with Crippen LogP contribution in [0.4, 0.5) is 8.78 Å². The minimum atomic E-state index is -1.22. The van der Waals surface area contributed by atoms with E-state index in [1.54, 1.807) is 6.07 Å². The Morgan fingerprint density at radius 2 is 2.06 bits per heavy atom. The number of piperidine rings is 1. The molecule has 4 heteroatoms. The predicted octanol–water partition coefficient (Wildman–Crippen LogP) is 2.84. The number of nitrogens with one attached hydrogen (secondary N) is 1. The summed E-state index contributed by atoms with van der Waals surface area (Å²) < 4.78 is 32.8. The first-order valence-corrected chi connectivity index (χ1v) is 5.90. The number of ether oxygens (including phenoxy) is 1. The number of rotatable bonds is 3. The normalized spacial score (nSPS) is 19.0. The number of halogens is 2. The van der Waals surface area contributed by atoms with Crippen LogP contribution in [0.2, 0.25) is 0 Å². The molecule has 1 heterocycles. The molecular formula is C13H17F2NO. The standard InChI is InChI=1S/C13H17F2NO/c1-17-10-2-3-11(12(14)8-10)13(15)9-4-6-16-7-5-9/h2-3,8-9,13,16H,4-7H2,1H3. The second-order valence-corrected chi connectivity index (χ2v) is 4.38. The van der Waals surface area contributed by atoms with Crippen LogP contribution in [0.5, 0.6) is 5.75 Å². The van der Waals surface area contributed by atoms with Crippen LogP contribution in [-0.2, 0) is 0 Å². The van der Waals surface area contributed by atoms with Crippen LogP contribution in [-0.4, -0.2) is 20.2 Å².